The van der Waals surface area contributed by atoms with Crippen LogP contribution in [0.25, 0.3) is 10.1 Å². The molecule has 0 fully saturated rings. The van der Waals surface area contributed by atoms with E-state index in [0.29, 0.717) is 5.56 Å². The lowest BCUT2D eigenvalue weighted by atomic mass is 10.0. The van der Waals surface area contributed by atoms with E-state index in [1.165, 1.54) is 11.3 Å². The van der Waals surface area contributed by atoms with E-state index < -0.39 is 5.60 Å². The van der Waals surface area contributed by atoms with Crippen molar-refractivity contribution in [2.45, 2.75) is 12.5 Å². The summed E-state index contributed by atoms with van der Waals surface area (Å²) in [7, 11) is 0. The Bertz CT molecular complexity index is 727. The zero-order chi connectivity index (χ0) is 14.9. The minimum absolute atomic E-state index is 0.155. The summed E-state index contributed by atoms with van der Waals surface area (Å²) < 4.78 is 1.14. The van der Waals surface area contributed by atoms with Gasteiger partial charge in [-0.2, -0.15) is 11.3 Å². The Kier molecular flexibility index (Phi) is 3.80. The highest BCUT2D eigenvalue weighted by Crippen LogP contribution is 2.32. The van der Waals surface area contributed by atoms with Gasteiger partial charge in [0.2, 0.25) is 0 Å². The van der Waals surface area contributed by atoms with Crippen molar-refractivity contribution in [1.29, 1.82) is 0 Å². The van der Waals surface area contributed by atoms with E-state index in [2.05, 4.69) is 5.32 Å². The van der Waals surface area contributed by atoms with E-state index in [-0.39, 0.29) is 12.5 Å². The number of thiophene rings is 2. The Morgan fingerprint density at radius 2 is 2.14 bits per heavy atom. The van der Waals surface area contributed by atoms with Crippen LogP contribution >= 0.6 is 22.7 Å². The lowest BCUT2D eigenvalue weighted by Crippen LogP contribution is -2.37. The van der Waals surface area contributed by atoms with Crippen molar-refractivity contribution in [1.82, 2.24) is 5.32 Å². The SMILES string of the molecule is C[C@](O)(CNC(=O)c1ccsc1)c1cc2ccccc2s1. The second-order valence-electron chi connectivity index (χ2n) is 5.12. The molecule has 0 aliphatic rings. The molecular weight excluding hydrogens is 302 g/mol. The van der Waals surface area contributed by atoms with Crippen LogP contribution in [0.3, 0.4) is 0 Å². The van der Waals surface area contributed by atoms with Gasteiger partial charge in [0.25, 0.3) is 5.91 Å². The fourth-order valence-corrected chi connectivity index (χ4v) is 3.82. The molecule has 5 heteroatoms. The molecule has 2 N–H and O–H groups in total. The molecule has 3 nitrogen and oxygen atoms in total. The molecule has 0 aliphatic carbocycles. The lowest BCUT2D eigenvalue weighted by molar-refractivity contribution is 0.0557. The second-order valence-corrected chi connectivity index (χ2v) is 6.98. The maximum atomic E-state index is 11.9. The zero-order valence-electron chi connectivity index (χ0n) is 11.5. The molecule has 0 saturated heterocycles. The van der Waals surface area contributed by atoms with E-state index >= 15 is 0 Å². The number of benzene rings is 1. The predicted octanol–water partition coefficient (Wildman–Crippen LogP) is 3.60. The zero-order valence-corrected chi connectivity index (χ0v) is 13.1. The normalized spacial score (nSPS) is 14.0. The Hall–Kier alpha value is -1.69. The summed E-state index contributed by atoms with van der Waals surface area (Å²) in [6.07, 6.45) is 0. The number of aliphatic hydroxyl groups is 1. The van der Waals surface area contributed by atoms with Gasteiger partial charge in [0.1, 0.15) is 5.60 Å². The first-order valence-corrected chi connectivity index (χ1v) is 8.34. The summed E-state index contributed by atoms with van der Waals surface area (Å²) in [6, 6.07) is 11.8. The molecule has 1 aromatic carbocycles. The Labute approximate surface area is 130 Å². The van der Waals surface area contributed by atoms with Gasteiger partial charge >= 0.3 is 0 Å². The molecule has 1 amide bonds. The average Bonchev–Trinajstić information content (AvgIpc) is 3.13. The van der Waals surface area contributed by atoms with Gasteiger partial charge in [-0.15, -0.1) is 11.3 Å². The number of rotatable bonds is 4. The predicted molar refractivity (Wildman–Crippen MR) is 88.0 cm³/mol. The fourth-order valence-electron chi connectivity index (χ4n) is 2.08. The topological polar surface area (TPSA) is 49.3 Å². The second kappa shape index (κ2) is 5.60. The molecule has 21 heavy (non-hydrogen) atoms. The maximum Gasteiger partial charge on any atom is 0.252 e. The largest absolute Gasteiger partial charge is 0.383 e. The number of hydrogen-bond donors (Lipinski definition) is 2. The third-order valence-corrected chi connectivity index (χ3v) is 5.39. The van der Waals surface area contributed by atoms with E-state index in [1.807, 2.05) is 35.7 Å². The van der Waals surface area contributed by atoms with Gasteiger partial charge in [-0.1, -0.05) is 18.2 Å². The van der Waals surface area contributed by atoms with Crippen molar-refractivity contribution in [3.63, 3.8) is 0 Å². The minimum Gasteiger partial charge on any atom is -0.383 e. The van der Waals surface area contributed by atoms with Crippen LogP contribution in [-0.4, -0.2) is 17.6 Å². The van der Waals surface area contributed by atoms with Crippen LogP contribution < -0.4 is 5.32 Å². The molecule has 2 aromatic heterocycles. The van der Waals surface area contributed by atoms with Crippen LogP contribution in [0, 0.1) is 0 Å². The highest BCUT2D eigenvalue weighted by atomic mass is 32.1. The van der Waals surface area contributed by atoms with Crippen LogP contribution in [0.15, 0.2) is 47.2 Å². The van der Waals surface area contributed by atoms with Gasteiger partial charge in [-0.3, -0.25) is 4.79 Å². The Balaban J connectivity index is 1.75. The Morgan fingerprint density at radius 1 is 1.33 bits per heavy atom. The molecule has 3 aromatic rings. The fraction of sp³-hybridized carbons (Fsp3) is 0.188. The average molecular weight is 317 g/mol. The third kappa shape index (κ3) is 3.00. The summed E-state index contributed by atoms with van der Waals surface area (Å²) in [5.74, 6) is -0.155. The van der Waals surface area contributed by atoms with Crippen molar-refractivity contribution >= 4 is 38.7 Å². The summed E-state index contributed by atoms with van der Waals surface area (Å²) in [5, 5.41) is 18.2. The van der Waals surface area contributed by atoms with Gasteiger partial charge in [0, 0.05) is 20.5 Å². The number of amides is 1. The van der Waals surface area contributed by atoms with Gasteiger partial charge in [0.05, 0.1) is 6.54 Å². The first-order chi connectivity index (χ1) is 10.1. The number of nitrogens with one attached hydrogen (secondary N) is 1. The molecule has 3 rings (SSSR count). The summed E-state index contributed by atoms with van der Waals surface area (Å²) in [4.78, 5) is 12.8. The molecule has 1 atom stereocenters. The van der Waals surface area contributed by atoms with Gasteiger partial charge in [-0.25, -0.2) is 0 Å². The minimum atomic E-state index is -1.07. The van der Waals surface area contributed by atoms with Crippen molar-refractivity contribution < 1.29 is 9.90 Å². The molecule has 0 saturated carbocycles. The van der Waals surface area contributed by atoms with E-state index in [0.717, 1.165) is 15.0 Å². The summed E-state index contributed by atoms with van der Waals surface area (Å²) >= 11 is 3.03. The lowest BCUT2D eigenvalue weighted by Gasteiger charge is -2.22. The molecule has 0 radical (unpaired) electrons. The quantitative estimate of drug-likeness (QED) is 0.772. The van der Waals surface area contributed by atoms with Crippen molar-refractivity contribution in [2.75, 3.05) is 6.54 Å². The highest BCUT2D eigenvalue weighted by Gasteiger charge is 2.26. The van der Waals surface area contributed by atoms with Crippen LogP contribution in [0.5, 0.6) is 0 Å². The standard InChI is InChI=1S/C16H15NO2S2/c1-16(19,10-17-15(18)12-6-7-20-9-12)14-8-11-4-2-3-5-13(11)21-14/h2-9,19H,10H2,1H3,(H,17,18)/t16-/m0/s1. The van der Waals surface area contributed by atoms with Crippen LogP contribution in [0.2, 0.25) is 0 Å². The monoisotopic (exact) mass is 317 g/mol. The highest BCUT2D eigenvalue weighted by molar-refractivity contribution is 7.19. The van der Waals surface area contributed by atoms with Crippen LogP contribution in [0.4, 0.5) is 0 Å². The molecule has 0 spiro atoms. The molecule has 108 valence electrons. The van der Waals surface area contributed by atoms with Gasteiger partial charge in [-0.05, 0) is 35.9 Å². The molecule has 2 heterocycles. The molecular formula is C16H15NO2S2. The Morgan fingerprint density at radius 3 is 2.86 bits per heavy atom. The first-order valence-electron chi connectivity index (χ1n) is 6.58. The maximum absolute atomic E-state index is 11.9. The van der Waals surface area contributed by atoms with Crippen molar-refractivity contribution in [2.24, 2.45) is 0 Å². The van der Waals surface area contributed by atoms with Gasteiger partial charge in [0.15, 0.2) is 0 Å². The van der Waals surface area contributed by atoms with E-state index in [9.17, 15) is 9.90 Å². The molecule has 0 unspecified atom stereocenters. The van der Waals surface area contributed by atoms with E-state index in [1.54, 1.807) is 29.7 Å². The number of carbonyl (C=O) groups excluding carboxylic acids is 1. The summed E-state index contributed by atoms with van der Waals surface area (Å²) in [5.41, 5.74) is -0.442. The first kappa shape index (κ1) is 14.3. The summed E-state index contributed by atoms with van der Waals surface area (Å²) in [6.45, 7) is 1.92. The van der Waals surface area contributed by atoms with Crippen LogP contribution in [0.1, 0.15) is 22.2 Å². The van der Waals surface area contributed by atoms with E-state index in [4.69, 9.17) is 0 Å². The van der Waals surface area contributed by atoms with Gasteiger partial charge < -0.3 is 10.4 Å². The smallest absolute Gasteiger partial charge is 0.252 e. The molecule has 0 bridgehead atoms. The van der Waals surface area contributed by atoms with Crippen molar-refractivity contribution in [3.05, 3.63) is 57.6 Å². The molecule has 0 aliphatic heterocycles. The van der Waals surface area contributed by atoms with Crippen LogP contribution in [-0.2, 0) is 5.60 Å². The number of hydrogen-bond acceptors (Lipinski definition) is 4. The number of carbonyl (C=O) groups is 1. The van der Waals surface area contributed by atoms with Crippen molar-refractivity contribution in [3.8, 4) is 0 Å². The third-order valence-electron chi connectivity index (χ3n) is 3.33. The number of fused-ring (bicyclic) bond motifs is 1.